The number of fused-ring (bicyclic) bond motifs is 1. The van der Waals surface area contributed by atoms with Crippen LogP contribution in [0, 0.1) is 0 Å². The maximum atomic E-state index is 14.4. The first kappa shape index (κ1) is 17.5. The van der Waals surface area contributed by atoms with Crippen molar-refractivity contribution in [2.24, 2.45) is 0 Å². The fourth-order valence-corrected chi connectivity index (χ4v) is 6.20. The molecule has 0 aliphatic carbocycles. The van der Waals surface area contributed by atoms with Gasteiger partial charge in [0.15, 0.2) is 7.14 Å². The van der Waals surface area contributed by atoms with Crippen molar-refractivity contribution in [1.29, 1.82) is 0 Å². The Morgan fingerprint density at radius 2 is 1.19 bits per heavy atom. The van der Waals surface area contributed by atoms with Gasteiger partial charge in [-0.05, 0) is 16.8 Å². The highest BCUT2D eigenvalue weighted by molar-refractivity contribution is 7.78. The van der Waals surface area contributed by atoms with E-state index in [1.807, 2.05) is 36.4 Å². The van der Waals surface area contributed by atoms with Crippen LogP contribution in [0.25, 0.3) is 10.8 Å². The van der Waals surface area contributed by atoms with Crippen molar-refractivity contribution >= 4 is 28.5 Å². The number of benzene rings is 4. The van der Waals surface area contributed by atoms with Gasteiger partial charge in [-0.15, -0.1) is 0 Å². The number of aromatic hydroxyl groups is 1. The number of phenolic OH excluding ortho intramolecular Hbond substituents is 1. The molecule has 1 atom stereocenters. The predicted octanol–water partition coefficient (Wildman–Crippen LogP) is 4.55. The molecule has 0 aliphatic heterocycles. The minimum atomic E-state index is -3.47. The van der Waals surface area contributed by atoms with Gasteiger partial charge in [-0.2, -0.15) is 0 Å². The molecule has 0 saturated heterocycles. The van der Waals surface area contributed by atoms with E-state index in [-0.39, 0.29) is 5.75 Å². The third-order valence-electron chi connectivity index (χ3n) is 4.83. The van der Waals surface area contributed by atoms with E-state index in [0.29, 0.717) is 21.6 Å². The Morgan fingerprint density at radius 1 is 0.667 bits per heavy atom. The monoisotopic (exact) mass is 374 g/mol. The number of rotatable bonds is 4. The van der Waals surface area contributed by atoms with Gasteiger partial charge in [0.1, 0.15) is 11.6 Å². The van der Waals surface area contributed by atoms with Crippen molar-refractivity contribution in [3.63, 3.8) is 0 Å². The maximum absolute atomic E-state index is 14.4. The summed E-state index contributed by atoms with van der Waals surface area (Å²) in [7, 11) is -3.47. The van der Waals surface area contributed by atoms with E-state index in [1.165, 1.54) is 0 Å². The molecule has 4 heteroatoms. The van der Waals surface area contributed by atoms with Crippen LogP contribution >= 0.6 is 7.14 Å². The van der Waals surface area contributed by atoms with Gasteiger partial charge < -0.3 is 14.8 Å². The molecule has 0 heterocycles. The fraction of sp³-hybridized carbons (Fsp3) is 0.0435. The maximum Gasteiger partial charge on any atom is 0.174 e. The SMILES string of the molecule is O=P(c1ccccc1)(c1ccccc1)[C@H](O)c1c(O)ccc2ccccc12. The van der Waals surface area contributed by atoms with Crippen LogP contribution in [0.3, 0.4) is 0 Å². The molecule has 4 aromatic carbocycles. The van der Waals surface area contributed by atoms with E-state index < -0.39 is 13.0 Å². The number of hydrogen-bond acceptors (Lipinski definition) is 3. The largest absolute Gasteiger partial charge is 0.508 e. The molecule has 4 rings (SSSR count). The standard InChI is InChI=1S/C23H19O3P/c24-21-16-15-17-9-7-8-14-20(17)22(21)23(25)27(26,18-10-3-1-4-11-18)19-12-5-2-6-13-19/h1-16,23-25H/t23-/m0/s1. The second kappa shape index (κ2) is 7.03. The van der Waals surface area contributed by atoms with Crippen molar-refractivity contribution in [2.45, 2.75) is 5.85 Å². The zero-order valence-electron chi connectivity index (χ0n) is 14.6. The molecule has 0 aromatic heterocycles. The van der Waals surface area contributed by atoms with E-state index in [2.05, 4.69) is 0 Å². The lowest BCUT2D eigenvalue weighted by atomic mass is 10.0. The van der Waals surface area contributed by atoms with Gasteiger partial charge in [0, 0.05) is 16.2 Å². The lowest BCUT2D eigenvalue weighted by Gasteiger charge is -2.26. The molecule has 0 unspecified atom stereocenters. The minimum absolute atomic E-state index is 0.0618. The molecule has 3 nitrogen and oxygen atoms in total. The van der Waals surface area contributed by atoms with Crippen LogP contribution in [0.2, 0.25) is 0 Å². The molecule has 0 amide bonds. The van der Waals surface area contributed by atoms with E-state index >= 15 is 0 Å². The van der Waals surface area contributed by atoms with Gasteiger partial charge in [-0.1, -0.05) is 91.0 Å². The van der Waals surface area contributed by atoms with Gasteiger partial charge in [-0.3, -0.25) is 0 Å². The lowest BCUT2D eigenvalue weighted by Crippen LogP contribution is -2.21. The Hall–Kier alpha value is -2.87. The normalized spacial score (nSPS) is 12.8. The summed E-state index contributed by atoms with van der Waals surface area (Å²) in [5.41, 5.74) is 0.295. The Labute approximate surface area is 157 Å². The van der Waals surface area contributed by atoms with Crippen molar-refractivity contribution in [3.8, 4) is 5.75 Å². The zero-order chi connectivity index (χ0) is 18.9. The first-order chi connectivity index (χ1) is 13.1. The first-order valence-corrected chi connectivity index (χ1v) is 10.5. The first-order valence-electron chi connectivity index (χ1n) is 8.72. The molecule has 0 spiro atoms. The zero-order valence-corrected chi connectivity index (χ0v) is 15.5. The summed E-state index contributed by atoms with van der Waals surface area (Å²) in [5, 5.41) is 24.6. The second-order valence-electron chi connectivity index (χ2n) is 6.42. The molecule has 4 aromatic rings. The summed E-state index contributed by atoms with van der Waals surface area (Å²) < 4.78 is 14.4. The Bertz CT molecular complexity index is 1080. The number of hydrogen-bond donors (Lipinski definition) is 2. The van der Waals surface area contributed by atoms with Crippen LogP contribution in [-0.2, 0) is 4.57 Å². The molecule has 2 N–H and O–H groups in total. The van der Waals surface area contributed by atoms with Gasteiger partial charge in [-0.25, -0.2) is 0 Å². The highest BCUT2D eigenvalue weighted by atomic mass is 31.2. The summed E-state index contributed by atoms with van der Waals surface area (Å²) in [6.45, 7) is 0. The summed E-state index contributed by atoms with van der Waals surface area (Å²) in [6.07, 6.45) is 0. The van der Waals surface area contributed by atoms with Gasteiger partial charge in [0.25, 0.3) is 0 Å². The molecule has 27 heavy (non-hydrogen) atoms. The van der Waals surface area contributed by atoms with Gasteiger partial charge >= 0.3 is 0 Å². The number of phenols is 1. The van der Waals surface area contributed by atoms with Gasteiger partial charge in [0.05, 0.1) is 0 Å². The summed E-state index contributed by atoms with van der Waals surface area (Å²) in [6, 6.07) is 28.8. The third-order valence-corrected chi connectivity index (χ3v) is 7.91. The summed E-state index contributed by atoms with van der Waals surface area (Å²) in [5.74, 6) is -1.43. The molecule has 0 saturated carbocycles. The average molecular weight is 374 g/mol. The smallest absolute Gasteiger partial charge is 0.174 e. The summed E-state index contributed by atoms with van der Waals surface area (Å²) in [4.78, 5) is 0. The van der Waals surface area contributed by atoms with Crippen molar-refractivity contribution in [2.75, 3.05) is 0 Å². The fourth-order valence-electron chi connectivity index (χ4n) is 3.47. The van der Waals surface area contributed by atoms with Crippen LogP contribution in [0.5, 0.6) is 5.75 Å². The van der Waals surface area contributed by atoms with E-state index in [9.17, 15) is 14.8 Å². The average Bonchev–Trinajstić information content (AvgIpc) is 2.74. The Morgan fingerprint density at radius 3 is 1.78 bits per heavy atom. The molecular weight excluding hydrogens is 355 g/mol. The van der Waals surface area contributed by atoms with Crippen LogP contribution in [0.4, 0.5) is 0 Å². The number of aliphatic hydroxyl groups excluding tert-OH is 1. The Kier molecular flexibility index (Phi) is 4.57. The highest BCUT2D eigenvalue weighted by Gasteiger charge is 2.38. The quantitative estimate of drug-likeness (QED) is 0.515. The van der Waals surface area contributed by atoms with E-state index in [0.717, 1.165) is 5.39 Å². The predicted molar refractivity (Wildman–Crippen MR) is 110 cm³/mol. The topological polar surface area (TPSA) is 57.5 Å². The molecule has 0 aliphatic rings. The minimum Gasteiger partial charge on any atom is -0.508 e. The van der Waals surface area contributed by atoms with Crippen molar-refractivity contribution in [1.82, 2.24) is 0 Å². The van der Waals surface area contributed by atoms with Crippen LogP contribution < -0.4 is 10.6 Å². The number of aliphatic hydroxyl groups is 1. The third kappa shape index (κ3) is 2.95. The lowest BCUT2D eigenvalue weighted by molar-refractivity contribution is 0.253. The van der Waals surface area contributed by atoms with E-state index in [4.69, 9.17) is 0 Å². The second-order valence-corrected chi connectivity index (χ2v) is 9.26. The molecule has 0 fully saturated rings. The van der Waals surface area contributed by atoms with Crippen molar-refractivity contribution < 1.29 is 14.8 Å². The highest BCUT2D eigenvalue weighted by Crippen LogP contribution is 2.58. The van der Waals surface area contributed by atoms with Crippen molar-refractivity contribution in [3.05, 3.63) is 103 Å². The summed E-state index contributed by atoms with van der Waals surface area (Å²) >= 11 is 0. The van der Waals surface area contributed by atoms with Crippen LogP contribution in [0.15, 0.2) is 97.1 Å². The van der Waals surface area contributed by atoms with Gasteiger partial charge in [0.2, 0.25) is 0 Å². The molecular formula is C23H19O3P. The Balaban J connectivity index is 2.01. The van der Waals surface area contributed by atoms with Crippen LogP contribution in [-0.4, -0.2) is 10.2 Å². The molecule has 134 valence electrons. The molecule has 0 radical (unpaired) electrons. The van der Waals surface area contributed by atoms with E-state index in [1.54, 1.807) is 60.7 Å². The van der Waals surface area contributed by atoms with Crippen LogP contribution in [0.1, 0.15) is 11.4 Å². The molecule has 0 bridgehead atoms.